The van der Waals surface area contributed by atoms with Crippen molar-refractivity contribution in [2.24, 2.45) is 11.8 Å². The summed E-state index contributed by atoms with van der Waals surface area (Å²) in [6.45, 7) is 8.42. The fourth-order valence-corrected chi connectivity index (χ4v) is 3.11. The van der Waals surface area contributed by atoms with Crippen LogP contribution in [-0.2, 0) is 4.79 Å². The monoisotopic (exact) mass is 288 g/mol. The first-order valence-corrected chi connectivity index (χ1v) is 7.57. The number of rotatable bonds is 4. The number of amides is 1. The van der Waals surface area contributed by atoms with Gasteiger partial charge < -0.3 is 5.32 Å². The van der Waals surface area contributed by atoms with E-state index in [0.29, 0.717) is 23.9 Å². The summed E-state index contributed by atoms with van der Waals surface area (Å²) in [7, 11) is 0. The van der Waals surface area contributed by atoms with Crippen molar-refractivity contribution in [3.8, 4) is 0 Å². The van der Waals surface area contributed by atoms with Gasteiger partial charge in [0.05, 0.1) is 6.54 Å². The molecule has 1 aliphatic heterocycles. The van der Waals surface area contributed by atoms with Gasteiger partial charge in [0.1, 0.15) is 0 Å². The molecule has 2 atom stereocenters. The van der Waals surface area contributed by atoms with Gasteiger partial charge in [-0.3, -0.25) is 14.5 Å². The van der Waals surface area contributed by atoms with Crippen molar-refractivity contribution < 1.29 is 9.59 Å². The minimum absolute atomic E-state index is 0.00637. The normalized spacial score (nSPS) is 22.8. The number of benzene rings is 1. The Labute approximate surface area is 126 Å². The number of Topliss-reactive ketones (excluding diaryl/α,β-unsaturated/α-hetero) is 1. The second-order valence-corrected chi connectivity index (χ2v) is 6.32. The fourth-order valence-electron chi connectivity index (χ4n) is 3.11. The second kappa shape index (κ2) is 6.85. The zero-order valence-electron chi connectivity index (χ0n) is 13.1. The first-order valence-electron chi connectivity index (χ1n) is 7.57. The number of hydrogen-bond donors (Lipinski definition) is 1. The molecule has 0 bridgehead atoms. The maximum Gasteiger partial charge on any atom is 0.238 e. The van der Waals surface area contributed by atoms with Crippen LogP contribution in [-0.4, -0.2) is 36.2 Å². The van der Waals surface area contributed by atoms with Crippen LogP contribution in [0, 0.1) is 11.8 Å². The van der Waals surface area contributed by atoms with Crippen LogP contribution in [0.15, 0.2) is 24.3 Å². The Morgan fingerprint density at radius 3 is 2.24 bits per heavy atom. The molecule has 1 aromatic rings. The minimum Gasteiger partial charge on any atom is -0.325 e. The molecule has 4 nitrogen and oxygen atoms in total. The predicted molar refractivity (Wildman–Crippen MR) is 84.5 cm³/mol. The molecule has 21 heavy (non-hydrogen) atoms. The van der Waals surface area contributed by atoms with E-state index in [4.69, 9.17) is 0 Å². The third kappa shape index (κ3) is 4.67. The molecule has 114 valence electrons. The quantitative estimate of drug-likeness (QED) is 0.867. The molecule has 0 aromatic heterocycles. The Balaban J connectivity index is 1.88. The molecule has 1 fully saturated rings. The first kappa shape index (κ1) is 15.7. The first-order chi connectivity index (χ1) is 9.94. The molecule has 1 N–H and O–H groups in total. The van der Waals surface area contributed by atoms with E-state index in [9.17, 15) is 9.59 Å². The van der Waals surface area contributed by atoms with Crippen LogP contribution in [0.5, 0.6) is 0 Å². The largest absolute Gasteiger partial charge is 0.325 e. The summed E-state index contributed by atoms with van der Waals surface area (Å²) in [5, 5.41) is 2.89. The standard InChI is InChI=1S/C17H24N2O2/c1-12-8-13(2)10-19(9-12)11-17(21)18-16-6-4-15(5-7-16)14(3)20/h4-7,12-13H,8-11H2,1-3H3,(H,18,21)/t12-,13-/m0/s1. The van der Waals surface area contributed by atoms with E-state index >= 15 is 0 Å². The van der Waals surface area contributed by atoms with Crippen LogP contribution in [0.3, 0.4) is 0 Å². The van der Waals surface area contributed by atoms with Crippen molar-refractivity contribution in [1.82, 2.24) is 4.90 Å². The molecular formula is C17H24N2O2. The Morgan fingerprint density at radius 1 is 1.14 bits per heavy atom. The van der Waals surface area contributed by atoms with Gasteiger partial charge in [-0.2, -0.15) is 0 Å². The van der Waals surface area contributed by atoms with E-state index in [1.165, 1.54) is 13.3 Å². The maximum atomic E-state index is 12.1. The lowest BCUT2D eigenvalue weighted by molar-refractivity contribution is -0.117. The van der Waals surface area contributed by atoms with Gasteiger partial charge in [-0.05, 0) is 49.4 Å². The molecule has 1 saturated heterocycles. The molecule has 1 amide bonds. The van der Waals surface area contributed by atoms with Crippen LogP contribution in [0.25, 0.3) is 0 Å². The van der Waals surface area contributed by atoms with E-state index in [1.54, 1.807) is 24.3 Å². The highest BCUT2D eigenvalue weighted by Crippen LogP contribution is 2.20. The van der Waals surface area contributed by atoms with Gasteiger partial charge in [0, 0.05) is 24.3 Å². The maximum absolute atomic E-state index is 12.1. The van der Waals surface area contributed by atoms with Crippen LogP contribution < -0.4 is 5.32 Å². The van der Waals surface area contributed by atoms with Crippen molar-refractivity contribution >= 4 is 17.4 Å². The molecule has 1 aromatic carbocycles. The van der Waals surface area contributed by atoms with Gasteiger partial charge in [-0.1, -0.05) is 13.8 Å². The number of ketones is 1. The minimum atomic E-state index is 0.00637. The molecule has 0 aliphatic carbocycles. The SMILES string of the molecule is CC(=O)c1ccc(NC(=O)CN2C[C@@H](C)C[C@H](C)C2)cc1. The third-order valence-corrected chi connectivity index (χ3v) is 3.89. The molecule has 1 aliphatic rings. The lowest BCUT2D eigenvalue weighted by Crippen LogP contribution is -2.42. The van der Waals surface area contributed by atoms with E-state index in [2.05, 4.69) is 24.1 Å². The lowest BCUT2D eigenvalue weighted by Gasteiger charge is -2.34. The fraction of sp³-hybridized carbons (Fsp3) is 0.529. The van der Waals surface area contributed by atoms with Gasteiger partial charge in [-0.15, -0.1) is 0 Å². The van der Waals surface area contributed by atoms with Gasteiger partial charge in [-0.25, -0.2) is 0 Å². The highest BCUT2D eigenvalue weighted by Gasteiger charge is 2.23. The third-order valence-electron chi connectivity index (χ3n) is 3.89. The zero-order valence-corrected chi connectivity index (χ0v) is 13.1. The van der Waals surface area contributed by atoms with E-state index in [-0.39, 0.29) is 11.7 Å². The van der Waals surface area contributed by atoms with Crippen LogP contribution >= 0.6 is 0 Å². The molecule has 1 heterocycles. The van der Waals surface area contributed by atoms with E-state index in [0.717, 1.165) is 18.8 Å². The Hall–Kier alpha value is -1.68. The summed E-state index contributed by atoms with van der Waals surface area (Å²) in [6.07, 6.45) is 1.24. The van der Waals surface area contributed by atoms with Gasteiger partial charge in [0.25, 0.3) is 0 Å². The number of nitrogens with zero attached hydrogens (tertiary/aromatic N) is 1. The molecule has 0 saturated carbocycles. The number of piperidine rings is 1. The molecule has 2 rings (SSSR count). The van der Waals surface area contributed by atoms with Crippen LogP contribution in [0.1, 0.15) is 37.6 Å². The Kier molecular flexibility index (Phi) is 5.12. The smallest absolute Gasteiger partial charge is 0.238 e. The summed E-state index contributed by atoms with van der Waals surface area (Å²) >= 11 is 0. The molecule has 4 heteroatoms. The summed E-state index contributed by atoms with van der Waals surface area (Å²) in [6, 6.07) is 7.03. The lowest BCUT2D eigenvalue weighted by atomic mass is 9.92. The van der Waals surface area contributed by atoms with Crippen molar-refractivity contribution in [2.45, 2.75) is 27.2 Å². The summed E-state index contributed by atoms with van der Waals surface area (Å²) in [4.78, 5) is 25.5. The Morgan fingerprint density at radius 2 is 1.71 bits per heavy atom. The van der Waals surface area contributed by atoms with Crippen LogP contribution in [0.4, 0.5) is 5.69 Å². The summed E-state index contributed by atoms with van der Waals surface area (Å²) < 4.78 is 0. The van der Waals surface area contributed by atoms with Crippen molar-refractivity contribution in [3.63, 3.8) is 0 Å². The predicted octanol–water partition coefficient (Wildman–Crippen LogP) is 2.81. The molecule has 0 radical (unpaired) electrons. The number of likely N-dealkylation sites (tertiary alicyclic amines) is 1. The average Bonchev–Trinajstić information content (AvgIpc) is 2.37. The van der Waals surface area contributed by atoms with Gasteiger partial charge in [0.15, 0.2) is 5.78 Å². The topological polar surface area (TPSA) is 49.4 Å². The zero-order chi connectivity index (χ0) is 15.4. The molecule has 0 unspecified atom stereocenters. The number of nitrogens with one attached hydrogen (secondary N) is 1. The highest BCUT2D eigenvalue weighted by atomic mass is 16.2. The molecular weight excluding hydrogens is 264 g/mol. The van der Waals surface area contributed by atoms with Crippen molar-refractivity contribution in [1.29, 1.82) is 0 Å². The van der Waals surface area contributed by atoms with Crippen molar-refractivity contribution in [3.05, 3.63) is 29.8 Å². The number of carbonyl (C=O) groups is 2. The van der Waals surface area contributed by atoms with Crippen molar-refractivity contribution in [2.75, 3.05) is 25.0 Å². The van der Waals surface area contributed by atoms with Gasteiger partial charge >= 0.3 is 0 Å². The number of carbonyl (C=O) groups excluding carboxylic acids is 2. The summed E-state index contributed by atoms with van der Waals surface area (Å²) in [5.41, 5.74) is 1.40. The highest BCUT2D eigenvalue weighted by molar-refractivity contribution is 5.96. The number of anilines is 1. The second-order valence-electron chi connectivity index (χ2n) is 6.32. The van der Waals surface area contributed by atoms with Crippen LogP contribution in [0.2, 0.25) is 0 Å². The molecule has 0 spiro atoms. The average molecular weight is 288 g/mol. The number of hydrogen-bond acceptors (Lipinski definition) is 3. The van der Waals surface area contributed by atoms with Gasteiger partial charge in [0.2, 0.25) is 5.91 Å². The summed E-state index contributed by atoms with van der Waals surface area (Å²) in [5.74, 6) is 1.34. The van der Waals surface area contributed by atoms with E-state index in [1.807, 2.05) is 0 Å². The van der Waals surface area contributed by atoms with E-state index < -0.39 is 0 Å². The Bertz CT molecular complexity index is 500.